The van der Waals surface area contributed by atoms with E-state index in [2.05, 4.69) is 20.6 Å². The highest BCUT2D eigenvalue weighted by molar-refractivity contribution is 5.86. The van der Waals surface area contributed by atoms with Gasteiger partial charge in [0.15, 0.2) is 5.96 Å². The standard InChI is InChI=1S/C18H29F3N6O/c1-5-22-17(26(4)13-15(28)27(6-2)7-3)25-12-11-24-16-14(18(19,20)21)9-8-10-23-16/h8-10H,5-7,11-13H2,1-4H3,(H,22,25)(H,23,24). The van der Waals surface area contributed by atoms with Gasteiger partial charge in [0.05, 0.1) is 18.7 Å². The summed E-state index contributed by atoms with van der Waals surface area (Å²) < 4.78 is 38.9. The maximum Gasteiger partial charge on any atom is 0.419 e. The molecule has 158 valence electrons. The summed E-state index contributed by atoms with van der Waals surface area (Å²) in [6, 6.07) is 2.23. The topological polar surface area (TPSA) is 72.9 Å². The lowest BCUT2D eigenvalue weighted by Gasteiger charge is -2.25. The fourth-order valence-corrected chi connectivity index (χ4v) is 2.53. The lowest BCUT2D eigenvalue weighted by Crippen LogP contribution is -2.45. The molecule has 0 spiro atoms. The summed E-state index contributed by atoms with van der Waals surface area (Å²) in [4.78, 5) is 23.8. The fourth-order valence-electron chi connectivity index (χ4n) is 2.53. The number of carbonyl (C=O) groups excluding carboxylic acids is 1. The summed E-state index contributed by atoms with van der Waals surface area (Å²) in [6.07, 6.45) is -3.17. The number of aromatic nitrogens is 1. The SMILES string of the molecule is CCNC(=NCCNc1ncccc1C(F)(F)F)N(C)CC(=O)N(CC)CC. The van der Waals surface area contributed by atoms with Gasteiger partial charge in [0.2, 0.25) is 5.91 Å². The van der Waals surface area contributed by atoms with Crippen molar-refractivity contribution in [3.8, 4) is 0 Å². The summed E-state index contributed by atoms with van der Waals surface area (Å²) in [6.45, 7) is 8.16. The number of alkyl halides is 3. The Kier molecular flexibility index (Phi) is 9.54. The van der Waals surface area contributed by atoms with Gasteiger partial charge in [-0.05, 0) is 32.9 Å². The zero-order valence-corrected chi connectivity index (χ0v) is 16.8. The first-order valence-corrected chi connectivity index (χ1v) is 9.27. The predicted molar refractivity (Wildman–Crippen MR) is 104 cm³/mol. The molecule has 0 saturated heterocycles. The lowest BCUT2D eigenvalue weighted by atomic mass is 10.2. The van der Waals surface area contributed by atoms with Gasteiger partial charge >= 0.3 is 6.18 Å². The average Bonchev–Trinajstić information content (AvgIpc) is 2.64. The van der Waals surface area contributed by atoms with Crippen molar-refractivity contribution in [2.75, 3.05) is 51.6 Å². The third kappa shape index (κ3) is 7.24. The highest BCUT2D eigenvalue weighted by Gasteiger charge is 2.33. The molecular formula is C18H29F3N6O. The molecule has 0 radical (unpaired) electrons. The van der Waals surface area contributed by atoms with Crippen molar-refractivity contribution in [1.82, 2.24) is 20.1 Å². The first-order valence-electron chi connectivity index (χ1n) is 9.27. The Morgan fingerprint density at radius 3 is 2.50 bits per heavy atom. The van der Waals surface area contributed by atoms with Crippen LogP contribution in [0.4, 0.5) is 19.0 Å². The Labute approximate surface area is 164 Å². The number of nitrogens with one attached hydrogen (secondary N) is 2. The van der Waals surface area contributed by atoms with Gasteiger partial charge in [0.25, 0.3) is 0 Å². The number of halogens is 3. The zero-order chi connectivity index (χ0) is 21.2. The van der Waals surface area contributed by atoms with Crippen molar-refractivity contribution in [3.05, 3.63) is 23.9 Å². The molecule has 28 heavy (non-hydrogen) atoms. The number of likely N-dealkylation sites (N-methyl/N-ethyl adjacent to an activating group) is 2. The van der Waals surface area contributed by atoms with Gasteiger partial charge in [0.1, 0.15) is 5.82 Å². The number of amides is 1. The Morgan fingerprint density at radius 1 is 1.25 bits per heavy atom. The second-order valence-electron chi connectivity index (χ2n) is 5.98. The van der Waals surface area contributed by atoms with Crippen LogP contribution in [0.1, 0.15) is 26.3 Å². The summed E-state index contributed by atoms with van der Waals surface area (Å²) >= 11 is 0. The normalized spacial score (nSPS) is 11.9. The second-order valence-corrected chi connectivity index (χ2v) is 5.98. The van der Waals surface area contributed by atoms with Crippen LogP contribution in [0.3, 0.4) is 0 Å². The van der Waals surface area contributed by atoms with E-state index in [0.29, 0.717) is 25.6 Å². The molecule has 0 aliphatic rings. The number of rotatable bonds is 9. The van der Waals surface area contributed by atoms with Crippen LogP contribution in [0.15, 0.2) is 23.3 Å². The first-order chi connectivity index (χ1) is 13.2. The van der Waals surface area contributed by atoms with Crippen LogP contribution in [0.5, 0.6) is 0 Å². The monoisotopic (exact) mass is 402 g/mol. The van der Waals surface area contributed by atoms with E-state index in [0.717, 1.165) is 6.07 Å². The number of hydrogen-bond acceptors (Lipinski definition) is 4. The van der Waals surface area contributed by atoms with E-state index in [9.17, 15) is 18.0 Å². The largest absolute Gasteiger partial charge is 0.419 e. The van der Waals surface area contributed by atoms with Crippen molar-refractivity contribution >= 4 is 17.7 Å². The molecule has 0 aliphatic carbocycles. The first kappa shape index (κ1) is 23.5. The van der Waals surface area contributed by atoms with Gasteiger partial charge in [-0.1, -0.05) is 0 Å². The van der Waals surface area contributed by atoms with Crippen molar-refractivity contribution in [1.29, 1.82) is 0 Å². The van der Waals surface area contributed by atoms with Crippen LogP contribution in [0, 0.1) is 0 Å². The van der Waals surface area contributed by atoms with Crippen LogP contribution in [-0.4, -0.2) is 73.0 Å². The van der Waals surface area contributed by atoms with E-state index in [4.69, 9.17) is 0 Å². The van der Waals surface area contributed by atoms with Gasteiger partial charge in [-0.15, -0.1) is 0 Å². The highest BCUT2D eigenvalue weighted by Crippen LogP contribution is 2.33. The Balaban J connectivity index is 2.70. The minimum atomic E-state index is -4.47. The van der Waals surface area contributed by atoms with Crippen molar-refractivity contribution in [2.24, 2.45) is 4.99 Å². The molecule has 0 aromatic carbocycles. The molecule has 1 heterocycles. The van der Waals surface area contributed by atoms with Crippen LogP contribution < -0.4 is 10.6 Å². The number of aliphatic imine (C=N–C) groups is 1. The summed E-state index contributed by atoms with van der Waals surface area (Å²) in [5.41, 5.74) is -0.812. The zero-order valence-electron chi connectivity index (χ0n) is 16.8. The molecule has 1 aromatic rings. The minimum absolute atomic E-state index is 0.0143. The molecule has 2 N–H and O–H groups in total. The lowest BCUT2D eigenvalue weighted by molar-refractivity contribution is -0.137. The van der Waals surface area contributed by atoms with Gasteiger partial charge < -0.3 is 20.4 Å². The molecule has 0 atom stereocenters. The molecule has 1 rings (SSSR count). The van der Waals surface area contributed by atoms with E-state index in [1.54, 1.807) is 16.8 Å². The van der Waals surface area contributed by atoms with Crippen LogP contribution in [0.25, 0.3) is 0 Å². The van der Waals surface area contributed by atoms with E-state index >= 15 is 0 Å². The molecule has 0 saturated carbocycles. The number of nitrogens with zero attached hydrogens (tertiary/aromatic N) is 4. The molecule has 10 heteroatoms. The maximum atomic E-state index is 13.0. The molecule has 0 bridgehead atoms. The summed E-state index contributed by atoms with van der Waals surface area (Å²) in [7, 11) is 1.75. The summed E-state index contributed by atoms with van der Waals surface area (Å²) in [5, 5.41) is 5.75. The third-order valence-electron chi connectivity index (χ3n) is 3.96. The van der Waals surface area contributed by atoms with E-state index in [1.165, 1.54) is 12.3 Å². The van der Waals surface area contributed by atoms with Crippen LogP contribution >= 0.6 is 0 Å². The molecule has 1 amide bonds. The Bertz CT molecular complexity index is 646. The second kappa shape index (κ2) is 11.4. The van der Waals surface area contributed by atoms with Crippen LogP contribution in [0.2, 0.25) is 0 Å². The molecule has 0 unspecified atom stereocenters. The smallest absolute Gasteiger partial charge is 0.368 e. The summed E-state index contributed by atoms with van der Waals surface area (Å²) in [5.74, 6) is 0.279. The predicted octanol–water partition coefficient (Wildman–Crippen LogP) is 2.28. The Hall–Kier alpha value is -2.52. The molecule has 0 aliphatic heterocycles. The maximum absolute atomic E-state index is 13.0. The Morgan fingerprint density at radius 2 is 1.93 bits per heavy atom. The molecule has 7 nitrogen and oxygen atoms in total. The molecule has 1 aromatic heterocycles. The van der Waals surface area contributed by atoms with Crippen molar-refractivity contribution < 1.29 is 18.0 Å². The van der Waals surface area contributed by atoms with Crippen LogP contribution in [-0.2, 0) is 11.0 Å². The number of guanidine groups is 1. The van der Waals surface area contributed by atoms with E-state index in [-0.39, 0.29) is 31.4 Å². The van der Waals surface area contributed by atoms with Gasteiger partial charge in [-0.2, -0.15) is 13.2 Å². The molecule has 0 fully saturated rings. The van der Waals surface area contributed by atoms with E-state index in [1.807, 2.05) is 20.8 Å². The van der Waals surface area contributed by atoms with Gasteiger partial charge in [-0.25, -0.2) is 4.98 Å². The van der Waals surface area contributed by atoms with Crippen molar-refractivity contribution in [3.63, 3.8) is 0 Å². The van der Waals surface area contributed by atoms with Gasteiger partial charge in [0, 0.05) is 39.4 Å². The number of hydrogen-bond donors (Lipinski definition) is 2. The fraction of sp³-hybridized carbons (Fsp3) is 0.611. The average molecular weight is 402 g/mol. The molecular weight excluding hydrogens is 373 g/mol. The quantitative estimate of drug-likeness (QED) is 0.377. The third-order valence-corrected chi connectivity index (χ3v) is 3.96. The van der Waals surface area contributed by atoms with Gasteiger partial charge in [-0.3, -0.25) is 9.79 Å². The number of anilines is 1. The highest BCUT2D eigenvalue weighted by atomic mass is 19.4. The minimum Gasteiger partial charge on any atom is -0.368 e. The number of pyridine rings is 1. The van der Waals surface area contributed by atoms with Crippen molar-refractivity contribution in [2.45, 2.75) is 26.9 Å². The van der Waals surface area contributed by atoms with E-state index < -0.39 is 11.7 Å². The number of carbonyl (C=O) groups is 1.